The molecule has 125 valence electrons. The van der Waals surface area contributed by atoms with Gasteiger partial charge in [-0.25, -0.2) is 4.39 Å². The molecule has 3 nitrogen and oxygen atoms in total. The molecule has 0 unspecified atom stereocenters. The molecule has 2 fully saturated rings. The number of piperidine rings is 2. The number of carbonyl (C=O) groups is 1. The highest BCUT2D eigenvalue weighted by Gasteiger charge is 2.26. The molecule has 1 amide bonds. The summed E-state index contributed by atoms with van der Waals surface area (Å²) >= 11 is 0. The van der Waals surface area contributed by atoms with Gasteiger partial charge in [0.15, 0.2) is 0 Å². The van der Waals surface area contributed by atoms with Gasteiger partial charge in [0.05, 0.1) is 0 Å². The van der Waals surface area contributed by atoms with E-state index in [0.717, 1.165) is 32.5 Å². The van der Waals surface area contributed by atoms with Gasteiger partial charge in [0.25, 0.3) is 5.91 Å². The van der Waals surface area contributed by atoms with E-state index in [0.29, 0.717) is 17.4 Å². The van der Waals surface area contributed by atoms with Crippen LogP contribution in [-0.4, -0.2) is 48.4 Å². The number of likely N-dealkylation sites (tertiary alicyclic amines) is 2. The van der Waals surface area contributed by atoms with Gasteiger partial charge >= 0.3 is 0 Å². The van der Waals surface area contributed by atoms with Crippen LogP contribution >= 0.6 is 0 Å². The number of amides is 1. The number of rotatable bonds is 3. The van der Waals surface area contributed by atoms with E-state index in [1.54, 1.807) is 12.1 Å². The summed E-state index contributed by atoms with van der Waals surface area (Å²) in [6, 6.07) is 5.86. The van der Waals surface area contributed by atoms with Crippen LogP contribution in [0.4, 0.5) is 4.39 Å². The van der Waals surface area contributed by atoms with E-state index >= 15 is 0 Å². The van der Waals surface area contributed by atoms with E-state index in [1.165, 1.54) is 38.1 Å². The molecule has 4 heteroatoms. The third kappa shape index (κ3) is 4.31. The van der Waals surface area contributed by atoms with Crippen molar-refractivity contribution in [1.82, 2.24) is 9.80 Å². The topological polar surface area (TPSA) is 23.6 Å². The third-order valence-corrected chi connectivity index (χ3v) is 5.22. The maximum atomic E-state index is 13.0. The summed E-state index contributed by atoms with van der Waals surface area (Å²) in [7, 11) is 0. The lowest BCUT2D eigenvalue weighted by atomic mass is 9.93. The van der Waals surface area contributed by atoms with Crippen molar-refractivity contribution in [2.75, 3.05) is 32.7 Å². The Balaban J connectivity index is 1.46. The van der Waals surface area contributed by atoms with Crippen LogP contribution in [0.5, 0.6) is 0 Å². The van der Waals surface area contributed by atoms with E-state index in [1.807, 2.05) is 4.90 Å². The average Bonchev–Trinajstić information content (AvgIpc) is 2.58. The van der Waals surface area contributed by atoms with Crippen molar-refractivity contribution < 1.29 is 9.18 Å². The zero-order valence-electron chi connectivity index (χ0n) is 13.7. The summed E-state index contributed by atoms with van der Waals surface area (Å²) in [4.78, 5) is 16.9. The Labute approximate surface area is 138 Å². The second kappa shape index (κ2) is 7.43. The molecule has 2 heterocycles. The molecule has 0 saturated carbocycles. The van der Waals surface area contributed by atoms with Crippen molar-refractivity contribution in [1.29, 1.82) is 0 Å². The Morgan fingerprint density at radius 1 is 1.04 bits per heavy atom. The summed E-state index contributed by atoms with van der Waals surface area (Å²) in [5.41, 5.74) is 0.586. The van der Waals surface area contributed by atoms with Gasteiger partial charge in [-0.15, -0.1) is 0 Å². The molecular formula is C19H26FN2O. The van der Waals surface area contributed by atoms with Crippen molar-refractivity contribution in [2.45, 2.75) is 25.7 Å². The van der Waals surface area contributed by atoms with Crippen molar-refractivity contribution >= 4 is 5.91 Å². The number of hydrogen-bond donors (Lipinski definition) is 0. The van der Waals surface area contributed by atoms with E-state index in [-0.39, 0.29) is 11.7 Å². The highest BCUT2D eigenvalue weighted by atomic mass is 19.1. The van der Waals surface area contributed by atoms with E-state index in [2.05, 4.69) is 11.8 Å². The van der Waals surface area contributed by atoms with Crippen molar-refractivity contribution in [2.24, 2.45) is 11.8 Å². The first-order valence-electron chi connectivity index (χ1n) is 8.72. The first-order chi connectivity index (χ1) is 11.1. The smallest absolute Gasteiger partial charge is 0.253 e. The summed E-state index contributed by atoms with van der Waals surface area (Å²) < 4.78 is 13.0. The molecule has 2 saturated heterocycles. The van der Waals surface area contributed by atoms with Crippen LogP contribution < -0.4 is 0 Å². The quantitative estimate of drug-likeness (QED) is 0.854. The molecule has 0 N–H and O–H groups in total. The highest BCUT2D eigenvalue weighted by Crippen LogP contribution is 2.23. The second-order valence-corrected chi connectivity index (χ2v) is 6.99. The first kappa shape index (κ1) is 16.4. The van der Waals surface area contributed by atoms with Gasteiger partial charge in [-0.05, 0) is 74.9 Å². The molecule has 3 rings (SSSR count). The van der Waals surface area contributed by atoms with Gasteiger partial charge in [0.2, 0.25) is 0 Å². The van der Waals surface area contributed by atoms with Gasteiger partial charge in [-0.1, -0.05) is 6.92 Å². The molecule has 1 aromatic rings. The van der Waals surface area contributed by atoms with E-state index in [4.69, 9.17) is 0 Å². The Bertz CT molecular complexity index is 515. The molecule has 1 radical (unpaired) electrons. The SMILES string of the molecule is [CH2]C1CCN(CC2CCN(C(=O)c3ccc(F)cc3)CC2)CC1. The Morgan fingerprint density at radius 3 is 2.26 bits per heavy atom. The molecule has 0 aliphatic carbocycles. The van der Waals surface area contributed by atoms with Crippen LogP contribution in [0.1, 0.15) is 36.0 Å². The fourth-order valence-corrected chi connectivity index (χ4v) is 3.63. The lowest BCUT2D eigenvalue weighted by Crippen LogP contribution is -2.43. The first-order valence-corrected chi connectivity index (χ1v) is 8.72. The van der Waals surface area contributed by atoms with Gasteiger partial charge in [0, 0.05) is 25.2 Å². The summed E-state index contributed by atoms with van der Waals surface area (Å²) in [6.07, 6.45) is 4.55. The molecule has 2 aliphatic rings. The van der Waals surface area contributed by atoms with Gasteiger partial charge < -0.3 is 9.80 Å². The van der Waals surface area contributed by atoms with Crippen molar-refractivity contribution in [3.8, 4) is 0 Å². The fourth-order valence-electron chi connectivity index (χ4n) is 3.63. The van der Waals surface area contributed by atoms with Crippen LogP contribution in [0.3, 0.4) is 0 Å². The van der Waals surface area contributed by atoms with Crippen LogP contribution in [0.25, 0.3) is 0 Å². The summed E-state index contributed by atoms with van der Waals surface area (Å²) in [5.74, 6) is 1.04. The minimum absolute atomic E-state index is 0.0290. The standard InChI is InChI=1S/C19H26FN2O/c1-15-6-10-21(11-7-15)14-16-8-12-22(13-9-16)19(23)17-2-4-18(20)5-3-17/h2-5,15-16H,1,6-14H2. The molecule has 0 atom stereocenters. The largest absolute Gasteiger partial charge is 0.339 e. The van der Waals surface area contributed by atoms with Crippen molar-refractivity contribution in [3.05, 3.63) is 42.6 Å². The molecule has 23 heavy (non-hydrogen) atoms. The highest BCUT2D eigenvalue weighted by molar-refractivity contribution is 5.94. The molecule has 0 aromatic heterocycles. The lowest BCUT2D eigenvalue weighted by molar-refractivity contribution is 0.0655. The molecule has 2 aliphatic heterocycles. The molecule has 0 spiro atoms. The zero-order chi connectivity index (χ0) is 16.2. The van der Waals surface area contributed by atoms with Crippen LogP contribution in [-0.2, 0) is 0 Å². The molecule has 1 aromatic carbocycles. The van der Waals surface area contributed by atoms with Gasteiger partial charge in [-0.3, -0.25) is 4.79 Å². The predicted molar refractivity (Wildman–Crippen MR) is 89.5 cm³/mol. The van der Waals surface area contributed by atoms with E-state index < -0.39 is 0 Å². The zero-order valence-corrected chi connectivity index (χ0v) is 13.7. The van der Waals surface area contributed by atoms with E-state index in [9.17, 15) is 9.18 Å². The van der Waals surface area contributed by atoms with Crippen LogP contribution in [0.2, 0.25) is 0 Å². The molecular weight excluding hydrogens is 291 g/mol. The van der Waals surface area contributed by atoms with Gasteiger partial charge in [-0.2, -0.15) is 0 Å². The fraction of sp³-hybridized carbons (Fsp3) is 0.579. The minimum atomic E-state index is -0.300. The predicted octanol–water partition coefficient (Wildman–Crippen LogP) is 3.22. The van der Waals surface area contributed by atoms with Crippen LogP contribution in [0.15, 0.2) is 24.3 Å². The lowest BCUT2D eigenvalue weighted by Gasteiger charge is -2.37. The number of benzene rings is 1. The summed E-state index contributed by atoms with van der Waals surface area (Å²) in [6.45, 7) is 9.27. The monoisotopic (exact) mass is 317 g/mol. The maximum Gasteiger partial charge on any atom is 0.253 e. The van der Waals surface area contributed by atoms with Crippen LogP contribution in [0, 0.1) is 24.6 Å². The average molecular weight is 317 g/mol. The Morgan fingerprint density at radius 2 is 1.65 bits per heavy atom. The number of halogens is 1. The van der Waals surface area contributed by atoms with Gasteiger partial charge in [0.1, 0.15) is 5.82 Å². The summed E-state index contributed by atoms with van der Waals surface area (Å²) in [5, 5.41) is 0. The number of hydrogen-bond acceptors (Lipinski definition) is 2. The van der Waals surface area contributed by atoms with Crippen molar-refractivity contribution in [3.63, 3.8) is 0 Å². The minimum Gasteiger partial charge on any atom is -0.339 e. The number of carbonyl (C=O) groups excluding carboxylic acids is 1. The third-order valence-electron chi connectivity index (χ3n) is 5.22. The Hall–Kier alpha value is -1.42. The maximum absolute atomic E-state index is 13.0. The number of nitrogens with zero attached hydrogens (tertiary/aromatic N) is 2. The normalized spacial score (nSPS) is 21.6. The second-order valence-electron chi connectivity index (χ2n) is 6.99. The molecule has 0 bridgehead atoms. The Kier molecular flexibility index (Phi) is 5.31.